The van der Waals surface area contributed by atoms with Gasteiger partial charge in [-0.1, -0.05) is 19.8 Å². The number of carboxylic acids is 1. The molecule has 2 rings (SSSR count). The van der Waals surface area contributed by atoms with Crippen molar-refractivity contribution in [2.75, 3.05) is 12.3 Å². The van der Waals surface area contributed by atoms with Gasteiger partial charge in [0, 0.05) is 17.3 Å². The van der Waals surface area contributed by atoms with Crippen LogP contribution < -0.4 is 0 Å². The van der Waals surface area contributed by atoms with Crippen molar-refractivity contribution in [2.24, 2.45) is 0 Å². The number of hydrogen-bond donors (Lipinski definition) is 1. The zero-order valence-electron chi connectivity index (χ0n) is 9.89. The molecule has 2 fully saturated rings. The van der Waals surface area contributed by atoms with Crippen LogP contribution in [0.2, 0.25) is 0 Å². The highest BCUT2D eigenvalue weighted by molar-refractivity contribution is 8.00. The van der Waals surface area contributed by atoms with E-state index in [1.165, 1.54) is 31.4 Å². The summed E-state index contributed by atoms with van der Waals surface area (Å²) in [4.78, 5) is 13.3. The standard InChI is InChI=1S/C12H21NO2S/c1-9-11(6-7-16-9)13(8-12(14)15)10-4-2-3-5-10/h9-11H,2-8H2,1H3,(H,14,15). The van der Waals surface area contributed by atoms with Crippen LogP contribution in [0.5, 0.6) is 0 Å². The molecule has 0 aromatic heterocycles. The first-order chi connectivity index (χ1) is 7.68. The molecule has 0 aromatic rings. The predicted molar refractivity (Wildman–Crippen MR) is 66.9 cm³/mol. The Bertz CT molecular complexity index is 253. The Balaban J connectivity index is 2.03. The summed E-state index contributed by atoms with van der Waals surface area (Å²) in [5.74, 6) is 0.519. The van der Waals surface area contributed by atoms with Crippen molar-refractivity contribution < 1.29 is 9.90 Å². The lowest BCUT2D eigenvalue weighted by atomic mass is 10.1. The molecular formula is C12H21NO2S. The van der Waals surface area contributed by atoms with Crippen molar-refractivity contribution in [2.45, 2.75) is 56.4 Å². The van der Waals surface area contributed by atoms with E-state index in [4.69, 9.17) is 5.11 Å². The Morgan fingerprint density at radius 2 is 2.06 bits per heavy atom. The Morgan fingerprint density at radius 1 is 1.38 bits per heavy atom. The number of hydrogen-bond acceptors (Lipinski definition) is 3. The monoisotopic (exact) mass is 243 g/mol. The van der Waals surface area contributed by atoms with Crippen molar-refractivity contribution in [1.82, 2.24) is 4.90 Å². The van der Waals surface area contributed by atoms with Crippen LogP contribution in [0.1, 0.15) is 39.0 Å². The van der Waals surface area contributed by atoms with Gasteiger partial charge in [-0.05, 0) is 25.0 Å². The van der Waals surface area contributed by atoms with E-state index in [9.17, 15) is 4.79 Å². The highest BCUT2D eigenvalue weighted by atomic mass is 32.2. The minimum absolute atomic E-state index is 0.236. The highest BCUT2D eigenvalue weighted by Gasteiger charge is 2.35. The summed E-state index contributed by atoms with van der Waals surface area (Å²) >= 11 is 1.98. The molecule has 2 unspecified atom stereocenters. The normalized spacial score (nSPS) is 31.4. The number of nitrogens with zero attached hydrogens (tertiary/aromatic N) is 1. The number of carboxylic acid groups (broad SMARTS) is 1. The van der Waals surface area contributed by atoms with Gasteiger partial charge >= 0.3 is 5.97 Å². The van der Waals surface area contributed by atoms with Gasteiger partial charge < -0.3 is 5.11 Å². The third-order valence-corrected chi connectivity index (χ3v) is 5.19. The Labute approximate surface area is 102 Å². The van der Waals surface area contributed by atoms with Gasteiger partial charge in [0.1, 0.15) is 0 Å². The summed E-state index contributed by atoms with van der Waals surface area (Å²) in [5, 5.41) is 9.64. The summed E-state index contributed by atoms with van der Waals surface area (Å²) in [6.45, 7) is 2.48. The van der Waals surface area contributed by atoms with Crippen LogP contribution in [0, 0.1) is 0 Å². The minimum atomic E-state index is -0.670. The van der Waals surface area contributed by atoms with E-state index in [1.807, 2.05) is 11.8 Å². The average molecular weight is 243 g/mol. The fourth-order valence-corrected chi connectivity index (χ4v) is 4.33. The second-order valence-electron chi connectivity index (χ2n) is 4.94. The van der Waals surface area contributed by atoms with Crippen molar-refractivity contribution in [3.8, 4) is 0 Å². The zero-order chi connectivity index (χ0) is 11.5. The largest absolute Gasteiger partial charge is 0.480 e. The molecule has 1 aliphatic heterocycles. The molecule has 0 amide bonds. The molecular weight excluding hydrogens is 222 g/mol. The second kappa shape index (κ2) is 5.41. The summed E-state index contributed by atoms with van der Waals surface area (Å²) in [5.41, 5.74) is 0. The van der Waals surface area contributed by atoms with Crippen LogP contribution in [-0.2, 0) is 4.79 Å². The third kappa shape index (κ3) is 2.72. The molecule has 1 saturated carbocycles. The van der Waals surface area contributed by atoms with E-state index in [0.717, 1.165) is 6.42 Å². The van der Waals surface area contributed by atoms with E-state index < -0.39 is 5.97 Å². The first-order valence-electron chi connectivity index (χ1n) is 6.27. The van der Waals surface area contributed by atoms with Gasteiger partial charge in [0.15, 0.2) is 0 Å². The molecule has 1 saturated heterocycles. The van der Waals surface area contributed by atoms with Gasteiger partial charge in [-0.3, -0.25) is 9.69 Å². The van der Waals surface area contributed by atoms with Crippen molar-refractivity contribution in [1.29, 1.82) is 0 Å². The molecule has 0 aromatic carbocycles. The lowest BCUT2D eigenvalue weighted by Gasteiger charge is -2.34. The van der Waals surface area contributed by atoms with Crippen LogP contribution in [-0.4, -0.2) is 45.6 Å². The highest BCUT2D eigenvalue weighted by Crippen LogP contribution is 2.34. The minimum Gasteiger partial charge on any atom is -0.480 e. The Morgan fingerprint density at radius 3 is 2.56 bits per heavy atom. The molecule has 2 aliphatic rings. The first-order valence-corrected chi connectivity index (χ1v) is 7.32. The zero-order valence-corrected chi connectivity index (χ0v) is 10.7. The first kappa shape index (κ1) is 12.2. The molecule has 16 heavy (non-hydrogen) atoms. The van der Waals surface area contributed by atoms with Crippen LogP contribution in [0.3, 0.4) is 0 Å². The number of thioether (sulfide) groups is 1. The molecule has 92 valence electrons. The lowest BCUT2D eigenvalue weighted by molar-refractivity contribution is -0.139. The van der Waals surface area contributed by atoms with E-state index in [0.29, 0.717) is 17.3 Å². The van der Waals surface area contributed by atoms with Crippen LogP contribution >= 0.6 is 11.8 Å². The van der Waals surface area contributed by atoms with Gasteiger partial charge in [0.25, 0.3) is 0 Å². The molecule has 1 heterocycles. The quantitative estimate of drug-likeness (QED) is 0.822. The average Bonchev–Trinajstić information content (AvgIpc) is 2.84. The van der Waals surface area contributed by atoms with E-state index in [1.54, 1.807) is 0 Å². The summed E-state index contributed by atoms with van der Waals surface area (Å²) in [6, 6.07) is 1.02. The van der Waals surface area contributed by atoms with E-state index in [-0.39, 0.29) is 6.54 Å². The van der Waals surface area contributed by atoms with Gasteiger partial charge in [-0.25, -0.2) is 0 Å². The fourth-order valence-electron chi connectivity index (χ4n) is 3.07. The lowest BCUT2D eigenvalue weighted by Crippen LogP contribution is -2.47. The molecule has 2 atom stereocenters. The summed E-state index contributed by atoms with van der Waals surface area (Å²) in [6.07, 6.45) is 6.10. The van der Waals surface area contributed by atoms with Gasteiger partial charge in [0.05, 0.1) is 6.54 Å². The van der Waals surface area contributed by atoms with E-state index in [2.05, 4.69) is 11.8 Å². The van der Waals surface area contributed by atoms with Crippen molar-refractivity contribution >= 4 is 17.7 Å². The third-order valence-electron chi connectivity index (χ3n) is 3.87. The molecule has 0 bridgehead atoms. The van der Waals surface area contributed by atoms with Gasteiger partial charge in [-0.15, -0.1) is 0 Å². The Hall–Kier alpha value is -0.220. The maximum absolute atomic E-state index is 11.0. The molecule has 3 nitrogen and oxygen atoms in total. The summed E-state index contributed by atoms with van der Waals surface area (Å²) < 4.78 is 0. The smallest absolute Gasteiger partial charge is 0.317 e. The molecule has 4 heteroatoms. The molecule has 1 aliphatic carbocycles. The number of carbonyl (C=O) groups is 1. The number of aliphatic carboxylic acids is 1. The van der Waals surface area contributed by atoms with E-state index >= 15 is 0 Å². The maximum Gasteiger partial charge on any atom is 0.317 e. The summed E-state index contributed by atoms with van der Waals surface area (Å²) in [7, 11) is 0. The van der Waals surface area contributed by atoms with Crippen LogP contribution in [0.25, 0.3) is 0 Å². The van der Waals surface area contributed by atoms with Crippen LogP contribution in [0.15, 0.2) is 0 Å². The van der Waals surface area contributed by atoms with Crippen molar-refractivity contribution in [3.63, 3.8) is 0 Å². The number of rotatable bonds is 4. The van der Waals surface area contributed by atoms with Gasteiger partial charge in [0.2, 0.25) is 0 Å². The van der Waals surface area contributed by atoms with Crippen molar-refractivity contribution in [3.05, 3.63) is 0 Å². The SMILES string of the molecule is CC1SCCC1N(CC(=O)O)C1CCCC1. The molecule has 1 N–H and O–H groups in total. The predicted octanol–water partition coefficient (Wildman–Crippen LogP) is 2.21. The van der Waals surface area contributed by atoms with Gasteiger partial charge in [-0.2, -0.15) is 11.8 Å². The topological polar surface area (TPSA) is 40.5 Å². The fraction of sp³-hybridized carbons (Fsp3) is 0.917. The molecule has 0 radical (unpaired) electrons. The maximum atomic E-state index is 11.0. The molecule has 0 spiro atoms. The second-order valence-corrected chi connectivity index (χ2v) is 6.42. The van der Waals surface area contributed by atoms with Crippen LogP contribution in [0.4, 0.5) is 0 Å². The Kier molecular flexibility index (Phi) is 4.14.